The lowest BCUT2D eigenvalue weighted by Gasteiger charge is -2.23. The van der Waals surface area contributed by atoms with E-state index < -0.39 is 0 Å². The monoisotopic (exact) mass is 335 g/mol. The van der Waals surface area contributed by atoms with Gasteiger partial charge < -0.3 is 4.90 Å². The molecular weight excluding hydrogens is 314 g/mol. The first-order valence-electron chi connectivity index (χ1n) is 8.86. The topological polar surface area (TPSA) is 3.24 Å². The molecule has 0 aliphatic rings. The molecule has 4 aromatic rings. The maximum Gasteiger partial charge on any atom is 0.0487 e. The van der Waals surface area contributed by atoms with Gasteiger partial charge >= 0.3 is 0 Å². The molecule has 0 saturated carbocycles. The molecule has 0 N–H and O–H groups in total. The summed E-state index contributed by atoms with van der Waals surface area (Å²) >= 11 is 0. The number of hydrogen-bond acceptors (Lipinski definition) is 1. The average molecular weight is 335 g/mol. The third kappa shape index (κ3) is 3.25. The van der Waals surface area contributed by atoms with Crippen LogP contribution in [0.3, 0.4) is 0 Å². The number of rotatable bonds is 4. The highest BCUT2D eigenvalue weighted by atomic mass is 15.1. The molecule has 0 heterocycles. The van der Waals surface area contributed by atoms with Crippen LogP contribution in [-0.4, -0.2) is 7.05 Å². The third-order valence-corrected chi connectivity index (χ3v) is 4.69. The zero-order valence-electron chi connectivity index (χ0n) is 14.8. The summed E-state index contributed by atoms with van der Waals surface area (Å²) in [6, 6.07) is 38.3. The van der Waals surface area contributed by atoms with Gasteiger partial charge in [-0.15, -0.1) is 0 Å². The maximum absolute atomic E-state index is 2.27. The van der Waals surface area contributed by atoms with Gasteiger partial charge in [-0.2, -0.15) is 0 Å². The minimum absolute atomic E-state index is 1.18. The number of hydrogen-bond donors (Lipinski definition) is 0. The van der Waals surface area contributed by atoms with Crippen molar-refractivity contribution in [2.24, 2.45) is 0 Å². The van der Waals surface area contributed by atoms with Gasteiger partial charge in [-0.05, 0) is 41.0 Å². The SMILES string of the molecule is CN(c1ccccc1)c1ccccc1-c1cccc(-c2ccccc2)c1. The average Bonchev–Trinajstić information content (AvgIpc) is 2.74. The van der Waals surface area contributed by atoms with Crippen LogP contribution >= 0.6 is 0 Å². The molecule has 0 atom stereocenters. The Labute approximate surface area is 155 Å². The van der Waals surface area contributed by atoms with Crippen molar-refractivity contribution >= 4 is 11.4 Å². The molecule has 0 unspecified atom stereocenters. The van der Waals surface area contributed by atoms with Gasteiger partial charge in [0.05, 0.1) is 0 Å². The molecule has 0 aliphatic carbocycles. The number of benzene rings is 4. The predicted molar refractivity (Wildman–Crippen MR) is 112 cm³/mol. The van der Waals surface area contributed by atoms with E-state index in [1.165, 1.54) is 33.6 Å². The third-order valence-electron chi connectivity index (χ3n) is 4.69. The number of para-hydroxylation sites is 2. The van der Waals surface area contributed by atoms with Gasteiger partial charge in [-0.1, -0.05) is 84.9 Å². The normalized spacial score (nSPS) is 10.5. The lowest BCUT2D eigenvalue weighted by atomic mass is 9.97. The maximum atomic E-state index is 2.27. The summed E-state index contributed by atoms with van der Waals surface area (Å²) in [4.78, 5) is 2.24. The van der Waals surface area contributed by atoms with Crippen LogP contribution in [0.5, 0.6) is 0 Å². The standard InChI is InChI=1S/C25H21N/c1-26(23-15-6-3-7-16-23)25-18-9-8-17-24(25)22-14-10-13-21(19-22)20-11-4-2-5-12-20/h2-19H,1H3. The number of anilines is 2. The Balaban J connectivity index is 1.78. The van der Waals surface area contributed by atoms with Crippen molar-refractivity contribution in [3.05, 3.63) is 109 Å². The molecule has 26 heavy (non-hydrogen) atoms. The molecule has 126 valence electrons. The van der Waals surface area contributed by atoms with E-state index in [9.17, 15) is 0 Å². The van der Waals surface area contributed by atoms with Crippen LogP contribution in [0.4, 0.5) is 11.4 Å². The summed E-state index contributed by atoms with van der Waals surface area (Å²) < 4.78 is 0. The molecule has 0 aromatic heterocycles. The Hall–Kier alpha value is -3.32. The van der Waals surface area contributed by atoms with E-state index in [0.29, 0.717) is 0 Å². The highest BCUT2D eigenvalue weighted by Gasteiger charge is 2.11. The van der Waals surface area contributed by atoms with Crippen molar-refractivity contribution in [3.63, 3.8) is 0 Å². The van der Waals surface area contributed by atoms with Crippen LogP contribution in [-0.2, 0) is 0 Å². The quantitative estimate of drug-likeness (QED) is 0.397. The van der Waals surface area contributed by atoms with Crippen LogP contribution in [0.25, 0.3) is 22.3 Å². The van der Waals surface area contributed by atoms with E-state index in [-0.39, 0.29) is 0 Å². The van der Waals surface area contributed by atoms with Crippen LogP contribution in [0.1, 0.15) is 0 Å². The first kappa shape index (κ1) is 16.2. The second-order valence-corrected chi connectivity index (χ2v) is 6.36. The van der Waals surface area contributed by atoms with E-state index in [0.717, 1.165) is 0 Å². The van der Waals surface area contributed by atoms with Gasteiger partial charge in [0.2, 0.25) is 0 Å². The highest BCUT2D eigenvalue weighted by Crippen LogP contribution is 2.35. The lowest BCUT2D eigenvalue weighted by Crippen LogP contribution is -2.10. The van der Waals surface area contributed by atoms with Crippen LogP contribution < -0.4 is 4.90 Å². The Morgan fingerprint density at radius 2 is 1.08 bits per heavy atom. The van der Waals surface area contributed by atoms with E-state index in [1.807, 2.05) is 6.07 Å². The van der Waals surface area contributed by atoms with Gasteiger partial charge in [0.15, 0.2) is 0 Å². The Morgan fingerprint density at radius 1 is 0.500 bits per heavy atom. The minimum Gasteiger partial charge on any atom is -0.344 e. The second-order valence-electron chi connectivity index (χ2n) is 6.36. The second kappa shape index (κ2) is 7.28. The molecule has 0 fully saturated rings. The first-order valence-corrected chi connectivity index (χ1v) is 8.86. The van der Waals surface area contributed by atoms with E-state index in [4.69, 9.17) is 0 Å². The summed E-state index contributed by atoms with van der Waals surface area (Å²) in [6.45, 7) is 0. The molecule has 0 bridgehead atoms. The van der Waals surface area contributed by atoms with Crippen LogP contribution in [0.2, 0.25) is 0 Å². The molecule has 1 nitrogen and oxygen atoms in total. The van der Waals surface area contributed by atoms with Crippen LogP contribution in [0, 0.1) is 0 Å². The van der Waals surface area contributed by atoms with E-state index in [1.54, 1.807) is 0 Å². The zero-order chi connectivity index (χ0) is 17.8. The fraction of sp³-hybridized carbons (Fsp3) is 0.0400. The fourth-order valence-corrected chi connectivity index (χ4v) is 3.30. The summed E-state index contributed by atoms with van der Waals surface area (Å²) in [5.41, 5.74) is 7.31. The zero-order valence-corrected chi connectivity index (χ0v) is 14.8. The lowest BCUT2D eigenvalue weighted by molar-refractivity contribution is 1.21. The smallest absolute Gasteiger partial charge is 0.0487 e. The Morgan fingerprint density at radius 3 is 1.85 bits per heavy atom. The van der Waals surface area contributed by atoms with Gasteiger partial charge in [0, 0.05) is 24.0 Å². The fourth-order valence-electron chi connectivity index (χ4n) is 3.30. The van der Waals surface area contributed by atoms with Gasteiger partial charge in [-0.25, -0.2) is 0 Å². The Bertz CT molecular complexity index is 991. The Kier molecular flexibility index (Phi) is 4.53. The molecule has 4 aromatic carbocycles. The number of nitrogens with zero attached hydrogens (tertiary/aromatic N) is 1. The van der Waals surface area contributed by atoms with Crippen molar-refractivity contribution in [3.8, 4) is 22.3 Å². The van der Waals surface area contributed by atoms with Crippen molar-refractivity contribution in [2.45, 2.75) is 0 Å². The van der Waals surface area contributed by atoms with Crippen molar-refractivity contribution in [2.75, 3.05) is 11.9 Å². The van der Waals surface area contributed by atoms with Crippen molar-refractivity contribution in [1.29, 1.82) is 0 Å². The van der Waals surface area contributed by atoms with Crippen molar-refractivity contribution < 1.29 is 0 Å². The summed E-state index contributed by atoms with van der Waals surface area (Å²) in [5, 5.41) is 0. The van der Waals surface area contributed by atoms with Crippen molar-refractivity contribution in [1.82, 2.24) is 0 Å². The van der Waals surface area contributed by atoms with Gasteiger partial charge in [0.25, 0.3) is 0 Å². The summed E-state index contributed by atoms with van der Waals surface area (Å²) in [6.07, 6.45) is 0. The minimum atomic E-state index is 1.18. The summed E-state index contributed by atoms with van der Waals surface area (Å²) in [7, 11) is 2.12. The van der Waals surface area contributed by atoms with E-state index in [2.05, 4.69) is 115 Å². The molecule has 0 amide bonds. The molecule has 0 saturated heterocycles. The molecule has 0 radical (unpaired) electrons. The molecule has 1 heteroatoms. The highest BCUT2D eigenvalue weighted by molar-refractivity contribution is 5.84. The molecule has 0 aliphatic heterocycles. The van der Waals surface area contributed by atoms with Gasteiger partial charge in [-0.3, -0.25) is 0 Å². The first-order chi connectivity index (χ1) is 12.8. The molecular formula is C25H21N. The van der Waals surface area contributed by atoms with Crippen LogP contribution in [0.15, 0.2) is 109 Å². The summed E-state index contributed by atoms with van der Waals surface area (Å²) in [5.74, 6) is 0. The largest absolute Gasteiger partial charge is 0.344 e. The molecule has 4 rings (SSSR count). The van der Waals surface area contributed by atoms with E-state index >= 15 is 0 Å². The van der Waals surface area contributed by atoms with Gasteiger partial charge in [0.1, 0.15) is 0 Å². The molecule has 0 spiro atoms. The predicted octanol–water partition coefficient (Wildman–Crippen LogP) is 6.79.